The van der Waals surface area contributed by atoms with E-state index in [1.807, 2.05) is 0 Å². The maximum absolute atomic E-state index is 7.38. The van der Waals surface area contributed by atoms with Gasteiger partial charge in [0.05, 0.1) is 22.2 Å². The molecule has 14 rings (SSSR count). The fourth-order valence-corrected chi connectivity index (χ4v) is 12.0. The van der Waals surface area contributed by atoms with Gasteiger partial charge in [0.2, 0.25) is 0 Å². The molecule has 3 nitrogen and oxygen atoms in total. The van der Waals surface area contributed by atoms with Gasteiger partial charge in [0.25, 0.3) is 0 Å². The molecule has 2 aliphatic heterocycles. The van der Waals surface area contributed by atoms with E-state index in [0.717, 1.165) is 67.9 Å². The van der Waals surface area contributed by atoms with E-state index in [1.165, 1.54) is 50.1 Å². The molecular formula is C62H39NO2. The van der Waals surface area contributed by atoms with Gasteiger partial charge in [-0.1, -0.05) is 194 Å². The SMILES string of the molecule is c1ccc(-c2ccc(N(c3cccc4c3Oc3ccccc3C43c4ccccc4-c4ccccc43)c3cccc4c3-c3ccccc3C43c4ccccc4Oc4ccccc43)cc2)cc1. The normalized spacial score (nSPS) is 14.3. The van der Waals surface area contributed by atoms with E-state index in [0.29, 0.717) is 0 Å². The molecule has 0 aromatic heterocycles. The molecule has 65 heavy (non-hydrogen) atoms. The van der Waals surface area contributed by atoms with Crippen molar-refractivity contribution < 1.29 is 9.47 Å². The molecule has 3 heteroatoms. The van der Waals surface area contributed by atoms with Gasteiger partial charge in [-0.25, -0.2) is 0 Å². The molecule has 0 bridgehead atoms. The highest BCUT2D eigenvalue weighted by molar-refractivity contribution is 6.00. The van der Waals surface area contributed by atoms with Gasteiger partial charge in [-0.05, 0) is 92.5 Å². The number of anilines is 3. The second kappa shape index (κ2) is 13.6. The first-order chi connectivity index (χ1) is 32.3. The molecule has 304 valence electrons. The molecule has 2 spiro atoms. The van der Waals surface area contributed by atoms with Crippen molar-refractivity contribution in [3.8, 4) is 56.4 Å². The summed E-state index contributed by atoms with van der Waals surface area (Å²) in [5.41, 5.74) is 18.6. The van der Waals surface area contributed by atoms with Crippen molar-refractivity contribution in [1.29, 1.82) is 0 Å². The van der Waals surface area contributed by atoms with Gasteiger partial charge in [-0.3, -0.25) is 0 Å². The highest BCUT2D eigenvalue weighted by Crippen LogP contribution is 2.67. The second-order valence-corrected chi connectivity index (χ2v) is 17.4. The molecule has 0 saturated heterocycles. The van der Waals surface area contributed by atoms with Crippen LogP contribution in [0.4, 0.5) is 17.1 Å². The number of ether oxygens (including phenoxy) is 2. The van der Waals surface area contributed by atoms with Crippen LogP contribution in [-0.4, -0.2) is 0 Å². The smallest absolute Gasteiger partial charge is 0.156 e. The predicted octanol–water partition coefficient (Wildman–Crippen LogP) is 15.8. The van der Waals surface area contributed by atoms with Crippen LogP contribution in [0.25, 0.3) is 33.4 Å². The lowest BCUT2D eigenvalue weighted by molar-refractivity contribution is 0.436. The summed E-state index contributed by atoms with van der Waals surface area (Å²) in [7, 11) is 0. The van der Waals surface area contributed by atoms with Gasteiger partial charge in [-0.15, -0.1) is 0 Å². The summed E-state index contributed by atoms with van der Waals surface area (Å²) in [4.78, 5) is 2.45. The lowest BCUT2D eigenvalue weighted by atomic mass is 9.66. The van der Waals surface area contributed by atoms with Crippen molar-refractivity contribution in [3.05, 3.63) is 281 Å². The first kappa shape index (κ1) is 36.1. The maximum atomic E-state index is 7.38. The topological polar surface area (TPSA) is 21.7 Å². The van der Waals surface area contributed by atoms with E-state index >= 15 is 0 Å². The third-order valence-corrected chi connectivity index (χ3v) is 14.4. The fourth-order valence-electron chi connectivity index (χ4n) is 12.0. The Kier molecular flexibility index (Phi) is 7.53. The summed E-state index contributed by atoms with van der Waals surface area (Å²) in [5, 5.41) is 0. The maximum Gasteiger partial charge on any atom is 0.156 e. The lowest BCUT2D eigenvalue weighted by Crippen LogP contribution is -2.33. The largest absolute Gasteiger partial charge is 0.457 e. The van der Waals surface area contributed by atoms with Crippen LogP contribution >= 0.6 is 0 Å². The lowest BCUT2D eigenvalue weighted by Gasteiger charge is -2.41. The number of para-hydroxylation sites is 4. The molecule has 4 aliphatic rings. The average molecular weight is 830 g/mol. The molecule has 0 fully saturated rings. The average Bonchev–Trinajstić information content (AvgIpc) is 3.84. The van der Waals surface area contributed by atoms with Crippen LogP contribution in [-0.2, 0) is 10.8 Å². The Morgan fingerprint density at radius 1 is 0.277 bits per heavy atom. The van der Waals surface area contributed by atoms with E-state index < -0.39 is 10.8 Å². The zero-order valence-corrected chi connectivity index (χ0v) is 35.3. The predicted molar refractivity (Wildman–Crippen MR) is 261 cm³/mol. The van der Waals surface area contributed by atoms with Gasteiger partial charge >= 0.3 is 0 Å². The molecule has 0 radical (unpaired) electrons. The second-order valence-electron chi connectivity index (χ2n) is 17.4. The zero-order valence-electron chi connectivity index (χ0n) is 35.3. The summed E-state index contributed by atoms with van der Waals surface area (Å²) in [6.07, 6.45) is 0. The summed E-state index contributed by atoms with van der Waals surface area (Å²) >= 11 is 0. The first-order valence-electron chi connectivity index (χ1n) is 22.4. The number of rotatable bonds is 4. The third kappa shape index (κ3) is 4.74. The molecule has 10 aromatic carbocycles. The molecule has 0 saturated carbocycles. The fraction of sp³-hybridized carbons (Fsp3) is 0.0323. The van der Waals surface area contributed by atoms with E-state index in [4.69, 9.17) is 9.47 Å². The van der Waals surface area contributed by atoms with Gasteiger partial charge in [-0.2, -0.15) is 0 Å². The van der Waals surface area contributed by atoms with E-state index in [2.05, 4.69) is 241 Å². The van der Waals surface area contributed by atoms with Crippen LogP contribution in [0.1, 0.15) is 44.5 Å². The Labute approximate surface area is 378 Å². The van der Waals surface area contributed by atoms with Gasteiger partial charge < -0.3 is 14.4 Å². The number of benzene rings is 10. The summed E-state index contributed by atoms with van der Waals surface area (Å²) in [6, 6.07) is 85.9. The minimum absolute atomic E-state index is 0.610. The van der Waals surface area contributed by atoms with Crippen molar-refractivity contribution in [2.45, 2.75) is 10.8 Å². The quantitative estimate of drug-likeness (QED) is 0.176. The molecule has 0 N–H and O–H groups in total. The summed E-state index contributed by atoms with van der Waals surface area (Å²) in [6.45, 7) is 0. The Morgan fingerprint density at radius 3 is 1.29 bits per heavy atom. The van der Waals surface area contributed by atoms with Gasteiger partial charge in [0.15, 0.2) is 5.75 Å². The highest BCUT2D eigenvalue weighted by Gasteiger charge is 2.54. The van der Waals surface area contributed by atoms with Crippen LogP contribution in [0.15, 0.2) is 237 Å². The Hall–Kier alpha value is -8.40. The molecule has 2 aliphatic carbocycles. The number of nitrogens with zero attached hydrogens (tertiary/aromatic N) is 1. The highest BCUT2D eigenvalue weighted by atomic mass is 16.5. The molecule has 0 unspecified atom stereocenters. The van der Waals surface area contributed by atoms with Crippen LogP contribution in [0.3, 0.4) is 0 Å². The summed E-state index contributed by atoms with van der Waals surface area (Å²) < 4.78 is 14.1. The number of hydrogen-bond donors (Lipinski definition) is 0. The van der Waals surface area contributed by atoms with Gasteiger partial charge in [0, 0.05) is 33.5 Å². The molecule has 0 atom stereocenters. The Balaban J connectivity index is 1.08. The van der Waals surface area contributed by atoms with E-state index in [1.54, 1.807) is 0 Å². The Bertz CT molecular complexity index is 3480. The van der Waals surface area contributed by atoms with Crippen molar-refractivity contribution in [2.75, 3.05) is 4.90 Å². The summed E-state index contributed by atoms with van der Waals surface area (Å²) in [5.74, 6) is 3.44. The standard InChI is InChI=1S/C62H39NO2/c1-2-18-40(19-3-1)41-36-38-42(39-37-41)63(54-31-16-29-52-59(54)45-22-6-9-25-48(45)62(52)49-26-10-13-33-56(49)64-57-34-14-11-27-50(57)62)55-32-17-30-53-60(55)65-58-35-15-12-28-51(58)61(53)46-23-7-4-20-43(46)44-21-5-8-24-47(44)61/h1-39H. The first-order valence-corrected chi connectivity index (χ1v) is 22.4. The molecule has 2 heterocycles. The minimum Gasteiger partial charge on any atom is -0.457 e. The van der Waals surface area contributed by atoms with E-state index in [-0.39, 0.29) is 0 Å². The Morgan fingerprint density at radius 2 is 0.692 bits per heavy atom. The zero-order chi connectivity index (χ0) is 42.7. The van der Waals surface area contributed by atoms with Crippen molar-refractivity contribution in [1.82, 2.24) is 0 Å². The van der Waals surface area contributed by atoms with Crippen molar-refractivity contribution in [2.24, 2.45) is 0 Å². The van der Waals surface area contributed by atoms with Crippen LogP contribution in [0.2, 0.25) is 0 Å². The number of hydrogen-bond acceptors (Lipinski definition) is 3. The van der Waals surface area contributed by atoms with Crippen molar-refractivity contribution in [3.63, 3.8) is 0 Å². The third-order valence-electron chi connectivity index (χ3n) is 14.4. The number of fused-ring (bicyclic) bond motifs is 18. The van der Waals surface area contributed by atoms with Crippen molar-refractivity contribution >= 4 is 17.1 Å². The van der Waals surface area contributed by atoms with E-state index in [9.17, 15) is 0 Å². The van der Waals surface area contributed by atoms with Crippen LogP contribution in [0, 0.1) is 0 Å². The monoisotopic (exact) mass is 829 g/mol. The van der Waals surface area contributed by atoms with Gasteiger partial charge in [0.1, 0.15) is 17.2 Å². The minimum atomic E-state index is -0.622. The molecular weight excluding hydrogens is 791 g/mol. The molecule has 0 amide bonds. The molecule has 10 aromatic rings. The van der Waals surface area contributed by atoms with Crippen LogP contribution < -0.4 is 14.4 Å². The van der Waals surface area contributed by atoms with Crippen LogP contribution in [0.5, 0.6) is 23.0 Å².